The van der Waals surface area contributed by atoms with Crippen LogP contribution in [0.1, 0.15) is 23.8 Å². The standard InChI is InChI=1S/C19H24N2O2S/c1-19(23,16-6-3-2-4-7-16)14-18(22)21-11-9-20(10-12-21)15-17-8-5-13-24-17/h2-8,13,23H,9-12,14-15H2,1H3/t19-/m1/s1. The molecule has 2 heterocycles. The molecule has 24 heavy (non-hydrogen) atoms. The molecule has 1 aromatic heterocycles. The second-order valence-electron chi connectivity index (χ2n) is 6.55. The second kappa shape index (κ2) is 7.47. The number of rotatable bonds is 5. The summed E-state index contributed by atoms with van der Waals surface area (Å²) in [5.74, 6) is 0.0274. The van der Waals surface area contributed by atoms with Gasteiger partial charge in [0, 0.05) is 37.6 Å². The van der Waals surface area contributed by atoms with E-state index in [1.165, 1.54) is 4.88 Å². The number of hydrogen-bond donors (Lipinski definition) is 1. The Morgan fingerprint density at radius 1 is 1.12 bits per heavy atom. The van der Waals surface area contributed by atoms with Gasteiger partial charge in [0.15, 0.2) is 0 Å². The summed E-state index contributed by atoms with van der Waals surface area (Å²) in [6.45, 7) is 5.91. The van der Waals surface area contributed by atoms with Crippen molar-refractivity contribution in [2.45, 2.75) is 25.5 Å². The fraction of sp³-hybridized carbons (Fsp3) is 0.421. The van der Waals surface area contributed by atoms with Crippen molar-refractivity contribution in [3.63, 3.8) is 0 Å². The molecule has 1 aliphatic rings. The van der Waals surface area contributed by atoms with E-state index < -0.39 is 5.60 Å². The van der Waals surface area contributed by atoms with Crippen LogP contribution in [0.2, 0.25) is 0 Å². The van der Waals surface area contributed by atoms with Crippen LogP contribution < -0.4 is 0 Å². The smallest absolute Gasteiger partial charge is 0.225 e. The van der Waals surface area contributed by atoms with E-state index in [2.05, 4.69) is 22.4 Å². The largest absolute Gasteiger partial charge is 0.385 e. The summed E-state index contributed by atoms with van der Waals surface area (Å²) >= 11 is 1.77. The second-order valence-corrected chi connectivity index (χ2v) is 7.59. The van der Waals surface area contributed by atoms with Gasteiger partial charge in [-0.05, 0) is 23.9 Å². The molecule has 1 amide bonds. The normalized spacial score (nSPS) is 18.3. The zero-order valence-electron chi connectivity index (χ0n) is 14.0. The Morgan fingerprint density at radius 2 is 1.83 bits per heavy atom. The molecule has 1 fully saturated rings. The van der Waals surface area contributed by atoms with Crippen LogP contribution >= 0.6 is 11.3 Å². The number of nitrogens with zero attached hydrogens (tertiary/aromatic N) is 2. The Labute approximate surface area is 147 Å². The molecule has 1 saturated heterocycles. The van der Waals surface area contributed by atoms with Gasteiger partial charge in [0.05, 0.1) is 12.0 Å². The van der Waals surface area contributed by atoms with E-state index in [-0.39, 0.29) is 12.3 Å². The fourth-order valence-corrected chi connectivity index (χ4v) is 3.83. The first-order valence-electron chi connectivity index (χ1n) is 8.35. The van der Waals surface area contributed by atoms with Crippen LogP contribution in [0.3, 0.4) is 0 Å². The van der Waals surface area contributed by atoms with Crippen LogP contribution in [0.5, 0.6) is 0 Å². The molecule has 0 radical (unpaired) electrons. The number of amides is 1. The van der Waals surface area contributed by atoms with Crippen LogP contribution in [0.15, 0.2) is 47.8 Å². The van der Waals surface area contributed by atoms with Crippen LogP contribution in [0, 0.1) is 0 Å². The molecule has 0 saturated carbocycles. The molecule has 0 unspecified atom stereocenters. The van der Waals surface area contributed by atoms with Crippen LogP contribution in [0.4, 0.5) is 0 Å². The van der Waals surface area contributed by atoms with Gasteiger partial charge in [-0.15, -0.1) is 11.3 Å². The molecule has 4 nitrogen and oxygen atoms in total. The minimum atomic E-state index is -1.12. The van der Waals surface area contributed by atoms with Crippen molar-refractivity contribution in [3.8, 4) is 0 Å². The van der Waals surface area contributed by atoms with Crippen molar-refractivity contribution in [1.29, 1.82) is 0 Å². The van der Waals surface area contributed by atoms with Crippen molar-refractivity contribution in [2.24, 2.45) is 0 Å². The summed E-state index contributed by atoms with van der Waals surface area (Å²) in [5.41, 5.74) is -0.332. The van der Waals surface area contributed by atoms with Crippen molar-refractivity contribution in [1.82, 2.24) is 9.80 Å². The van der Waals surface area contributed by atoms with E-state index in [1.807, 2.05) is 35.2 Å². The summed E-state index contributed by atoms with van der Waals surface area (Å²) in [6.07, 6.45) is 0.127. The Morgan fingerprint density at radius 3 is 2.46 bits per heavy atom. The van der Waals surface area contributed by atoms with E-state index >= 15 is 0 Å². The average molecular weight is 344 g/mol. The summed E-state index contributed by atoms with van der Waals surface area (Å²) in [6, 6.07) is 13.6. The average Bonchev–Trinajstić information content (AvgIpc) is 3.09. The van der Waals surface area contributed by atoms with Crippen molar-refractivity contribution in [2.75, 3.05) is 26.2 Å². The molecular weight excluding hydrogens is 320 g/mol. The minimum absolute atomic E-state index is 0.0274. The van der Waals surface area contributed by atoms with E-state index in [4.69, 9.17) is 0 Å². The van der Waals surface area contributed by atoms with E-state index in [0.29, 0.717) is 0 Å². The summed E-state index contributed by atoms with van der Waals surface area (Å²) in [4.78, 5) is 18.2. The number of piperazine rings is 1. The highest BCUT2D eigenvalue weighted by molar-refractivity contribution is 7.09. The molecule has 3 rings (SSSR count). The quantitative estimate of drug-likeness (QED) is 0.907. The number of carbonyl (C=O) groups excluding carboxylic acids is 1. The number of benzene rings is 1. The lowest BCUT2D eigenvalue weighted by Crippen LogP contribution is -2.49. The summed E-state index contributed by atoms with van der Waals surface area (Å²) < 4.78 is 0. The highest BCUT2D eigenvalue weighted by Crippen LogP contribution is 2.25. The van der Waals surface area contributed by atoms with Crippen LogP contribution in [-0.4, -0.2) is 47.0 Å². The molecular formula is C19H24N2O2S. The van der Waals surface area contributed by atoms with Crippen molar-refractivity contribution in [3.05, 3.63) is 58.3 Å². The Bertz CT molecular complexity index is 647. The van der Waals surface area contributed by atoms with Crippen LogP contribution in [0.25, 0.3) is 0 Å². The van der Waals surface area contributed by atoms with Gasteiger partial charge in [0.1, 0.15) is 0 Å². The molecule has 1 aromatic carbocycles. The van der Waals surface area contributed by atoms with Gasteiger partial charge >= 0.3 is 0 Å². The number of hydrogen-bond acceptors (Lipinski definition) is 4. The zero-order chi connectivity index (χ0) is 17.0. The molecule has 1 atom stereocenters. The van der Waals surface area contributed by atoms with Gasteiger partial charge in [0.25, 0.3) is 0 Å². The molecule has 0 spiro atoms. The molecule has 1 aliphatic heterocycles. The highest BCUT2D eigenvalue weighted by Gasteiger charge is 2.30. The number of carbonyl (C=O) groups is 1. The summed E-state index contributed by atoms with van der Waals surface area (Å²) in [5, 5.41) is 12.8. The third-order valence-electron chi connectivity index (χ3n) is 4.58. The zero-order valence-corrected chi connectivity index (χ0v) is 14.8. The van der Waals surface area contributed by atoms with Crippen molar-refractivity contribution < 1.29 is 9.90 Å². The molecule has 2 aromatic rings. The van der Waals surface area contributed by atoms with E-state index in [9.17, 15) is 9.90 Å². The van der Waals surface area contributed by atoms with Gasteiger partial charge in [-0.2, -0.15) is 0 Å². The molecule has 128 valence electrons. The minimum Gasteiger partial charge on any atom is -0.385 e. The lowest BCUT2D eigenvalue weighted by Gasteiger charge is -2.36. The van der Waals surface area contributed by atoms with Crippen LogP contribution in [-0.2, 0) is 16.9 Å². The first-order chi connectivity index (χ1) is 11.5. The third kappa shape index (κ3) is 4.23. The maximum absolute atomic E-state index is 12.6. The molecule has 0 bridgehead atoms. The fourth-order valence-electron chi connectivity index (χ4n) is 3.08. The Balaban J connectivity index is 1.52. The predicted molar refractivity (Wildman–Crippen MR) is 96.8 cm³/mol. The highest BCUT2D eigenvalue weighted by atomic mass is 32.1. The first kappa shape index (κ1) is 17.1. The van der Waals surface area contributed by atoms with Gasteiger partial charge in [-0.1, -0.05) is 36.4 Å². The molecule has 0 aliphatic carbocycles. The maximum atomic E-state index is 12.6. The number of thiophene rings is 1. The maximum Gasteiger partial charge on any atom is 0.225 e. The first-order valence-corrected chi connectivity index (χ1v) is 9.23. The topological polar surface area (TPSA) is 43.8 Å². The molecule has 5 heteroatoms. The lowest BCUT2D eigenvalue weighted by molar-refractivity contribution is -0.138. The SMILES string of the molecule is C[C@@](O)(CC(=O)N1CCN(Cc2cccs2)CC1)c1ccccc1. The number of aliphatic hydroxyl groups is 1. The Kier molecular flexibility index (Phi) is 5.33. The summed E-state index contributed by atoms with van der Waals surface area (Å²) in [7, 11) is 0. The van der Waals surface area contributed by atoms with Gasteiger partial charge in [-0.25, -0.2) is 0 Å². The lowest BCUT2D eigenvalue weighted by atomic mass is 9.92. The van der Waals surface area contributed by atoms with Gasteiger partial charge in [-0.3, -0.25) is 9.69 Å². The molecule has 1 N–H and O–H groups in total. The van der Waals surface area contributed by atoms with Gasteiger partial charge in [0.2, 0.25) is 5.91 Å². The van der Waals surface area contributed by atoms with Gasteiger partial charge < -0.3 is 10.0 Å². The monoisotopic (exact) mass is 344 g/mol. The Hall–Kier alpha value is -1.69. The van der Waals surface area contributed by atoms with E-state index in [0.717, 1.165) is 38.3 Å². The third-order valence-corrected chi connectivity index (χ3v) is 5.44. The predicted octanol–water partition coefficient (Wildman–Crippen LogP) is 2.69. The van der Waals surface area contributed by atoms with Crippen molar-refractivity contribution >= 4 is 17.2 Å². The van der Waals surface area contributed by atoms with E-state index in [1.54, 1.807) is 18.3 Å².